The van der Waals surface area contributed by atoms with Gasteiger partial charge in [-0.1, -0.05) is 66.7 Å². The molecule has 0 aliphatic rings. The molecule has 0 atom stereocenters. The molecule has 6 nitrogen and oxygen atoms in total. The zero-order valence-corrected chi connectivity index (χ0v) is 18.1. The Morgan fingerprint density at radius 1 is 0.906 bits per heavy atom. The number of hydrogen-bond donors (Lipinski definition) is 1. The first-order chi connectivity index (χ1) is 15.7. The standard InChI is InChI=1S/C26H26N4O2/c1-20-10-8-9-15-23(20)30-24(17-16-21-11-4-2-5-12-21)28-25(29-30)26(31)27-18-19-32-22-13-6-3-7-14-22/h2-15H,16-19H2,1H3,(H,27,31). The van der Waals surface area contributed by atoms with Crippen LogP contribution in [0.15, 0.2) is 84.9 Å². The van der Waals surface area contributed by atoms with Crippen LogP contribution in [0.3, 0.4) is 0 Å². The van der Waals surface area contributed by atoms with E-state index in [1.54, 1.807) is 4.68 Å². The van der Waals surface area contributed by atoms with E-state index in [-0.39, 0.29) is 11.7 Å². The number of nitrogens with zero attached hydrogens (tertiary/aromatic N) is 3. The van der Waals surface area contributed by atoms with Gasteiger partial charge in [0.2, 0.25) is 5.82 Å². The van der Waals surface area contributed by atoms with Gasteiger partial charge in [0, 0.05) is 6.42 Å². The van der Waals surface area contributed by atoms with Crippen LogP contribution < -0.4 is 10.1 Å². The molecule has 3 aromatic carbocycles. The van der Waals surface area contributed by atoms with Crippen LogP contribution in [-0.4, -0.2) is 33.8 Å². The van der Waals surface area contributed by atoms with E-state index in [2.05, 4.69) is 27.5 Å². The number of aryl methyl sites for hydroxylation is 3. The molecule has 0 spiro atoms. The maximum absolute atomic E-state index is 12.7. The average molecular weight is 427 g/mol. The normalized spacial score (nSPS) is 10.7. The third-order valence-electron chi connectivity index (χ3n) is 5.10. The number of para-hydroxylation sites is 2. The van der Waals surface area contributed by atoms with Crippen molar-refractivity contribution in [1.82, 2.24) is 20.1 Å². The van der Waals surface area contributed by atoms with Crippen LogP contribution >= 0.6 is 0 Å². The number of nitrogens with one attached hydrogen (secondary N) is 1. The highest BCUT2D eigenvalue weighted by atomic mass is 16.5. The van der Waals surface area contributed by atoms with Gasteiger partial charge in [-0.25, -0.2) is 9.67 Å². The van der Waals surface area contributed by atoms with E-state index in [9.17, 15) is 4.79 Å². The first kappa shape index (κ1) is 21.3. The van der Waals surface area contributed by atoms with Gasteiger partial charge in [0.15, 0.2) is 0 Å². The molecule has 4 aromatic rings. The molecule has 0 fully saturated rings. The van der Waals surface area contributed by atoms with Gasteiger partial charge in [-0.2, -0.15) is 0 Å². The quantitative estimate of drug-likeness (QED) is 0.408. The second kappa shape index (κ2) is 10.4. The Bertz CT molecular complexity index is 1160. The largest absolute Gasteiger partial charge is 0.492 e. The second-order valence-corrected chi connectivity index (χ2v) is 7.45. The van der Waals surface area contributed by atoms with Gasteiger partial charge in [0.1, 0.15) is 18.2 Å². The molecule has 1 aromatic heterocycles. The lowest BCUT2D eigenvalue weighted by atomic mass is 10.1. The number of hydrogen-bond acceptors (Lipinski definition) is 4. The molecule has 0 aliphatic heterocycles. The molecular formula is C26H26N4O2. The Labute approximate surface area is 187 Å². The molecule has 1 amide bonds. The minimum atomic E-state index is -0.310. The number of aromatic nitrogens is 3. The summed E-state index contributed by atoms with van der Waals surface area (Å²) < 4.78 is 7.42. The van der Waals surface area contributed by atoms with Crippen LogP contribution in [0.25, 0.3) is 5.69 Å². The third kappa shape index (κ3) is 5.40. The summed E-state index contributed by atoms with van der Waals surface area (Å²) in [5.74, 6) is 1.38. The summed E-state index contributed by atoms with van der Waals surface area (Å²) in [7, 11) is 0. The van der Waals surface area contributed by atoms with Crippen LogP contribution in [0.2, 0.25) is 0 Å². The van der Waals surface area contributed by atoms with Gasteiger partial charge in [-0.05, 0) is 42.7 Å². The van der Waals surface area contributed by atoms with Gasteiger partial charge in [-0.15, -0.1) is 5.10 Å². The Morgan fingerprint density at radius 2 is 1.59 bits per heavy atom. The molecule has 0 unspecified atom stereocenters. The lowest BCUT2D eigenvalue weighted by Gasteiger charge is -2.08. The van der Waals surface area contributed by atoms with E-state index in [0.29, 0.717) is 19.6 Å². The highest BCUT2D eigenvalue weighted by molar-refractivity contribution is 5.90. The van der Waals surface area contributed by atoms with E-state index < -0.39 is 0 Å². The monoisotopic (exact) mass is 426 g/mol. The molecule has 162 valence electrons. The van der Waals surface area contributed by atoms with Crippen molar-refractivity contribution in [3.05, 3.63) is 108 Å². The number of carbonyl (C=O) groups is 1. The predicted octanol–water partition coefficient (Wildman–Crippen LogP) is 4.17. The fourth-order valence-electron chi connectivity index (χ4n) is 3.43. The van der Waals surface area contributed by atoms with Gasteiger partial charge in [0.05, 0.1) is 12.2 Å². The van der Waals surface area contributed by atoms with E-state index in [0.717, 1.165) is 29.2 Å². The minimum Gasteiger partial charge on any atom is -0.492 e. The molecule has 1 N–H and O–H groups in total. The lowest BCUT2D eigenvalue weighted by molar-refractivity contribution is 0.0936. The summed E-state index contributed by atoms with van der Waals surface area (Å²) in [4.78, 5) is 17.3. The summed E-state index contributed by atoms with van der Waals surface area (Å²) in [6, 6.07) is 27.7. The fourth-order valence-corrected chi connectivity index (χ4v) is 3.43. The molecule has 32 heavy (non-hydrogen) atoms. The Kier molecular flexibility index (Phi) is 6.92. The smallest absolute Gasteiger partial charge is 0.291 e. The van der Waals surface area contributed by atoms with Gasteiger partial charge in [-0.3, -0.25) is 4.79 Å². The molecule has 1 heterocycles. The van der Waals surface area contributed by atoms with Crippen molar-refractivity contribution in [2.75, 3.05) is 13.2 Å². The van der Waals surface area contributed by atoms with Crippen molar-refractivity contribution in [3.8, 4) is 11.4 Å². The highest BCUT2D eigenvalue weighted by Gasteiger charge is 2.18. The summed E-state index contributed by atoms with van der Waals surface area (Å²) in [5.41, 5.74) is 3.21. The van der Waals surface area contributed by atoms with E-state index in [1.807, 2.05) is 79.7 Å². The van der Waals surface area contributed by atoms with Crippen molar-refractivity contribution >= 4 is 5.91 Å². The molecule has 4 rings (SSSR count). The van der Waals surface area contributed by atoms with Crippen LogP contribution in [0, 0.1) is 6.92 Å². The highest BCUT2D eigenvalue weighted by Crippen LogP contribution is 2.16. The first-order valence-corrected chi connectivity index (χ1v) is 10.7. The molecule has 0 bridgehead atoms. The molecule has 0 saturated carbocycles. The molecule has 0 radical (unpaired) electrons. The Morgan fingerprint density at radius 3 is 2.34 bits per heavy atom. The van der Waals surface area contributed by atoms with Crippen molar-refractivity contribution in [3.63, 3.8) is 0 Å². The average Bonchev–Trinajstić information content (AvgIpc) is 3.26. The summed E-state index contributed by atoms with van der Waals surface area (Å²) >= 11 is 0. The third-order valence-corrected chi connectivity index (χ3v) is 5.10. The zero-order valence-electron chi connectivity index (χ0n) is 18.1. The van der Waals surface area contributed by atoms with Crippen LogP contribution in [-0.2, 0) is 12.8 Å². The number of rotatable bonds is 9. The van der Waals surface area contributed by atoms with Crippen molar-refractivity contribution in [2.45, 2.75) is 19.8 Å². The molecular weight excluding hydrogens is 400 g/mol. The zero-order chi connectivity index (χ0) is 22.2. The fraction of sp³-hybridized carbons (Fsp3) is 0.192. The van der Waals surface area contributed by atoms with E-state index in [1.165, 1.54) is 5.56 Å². The summed E-state index contributed by atoms with van der Waals surface area (Å²) in [6.07, 6.45) is 1.49. The SMILES string of the molecule is Cc1ccccc1-n1nc(C(=O)NCCOc2ccccc2)nc1CCc1ccccc1. The molecule has 0 aliphatic carbocycles. The molecule has 6 heteroatoms. The van der Waals surface area contributed by atoms with Gasteiger partial charge in [0.25, 0.3) is 5.91 Å². The number of ether oxygens (including phenoxy) is 1. The Balaban J connectivity index is 1.46. The minimum absolute atomic E-state index is 0.163. The lowest BCUT2D eigenvalue weighted by Crippen LogP contribution is -2.29. The predicted molar refractivity (Wildman–Crippen MR) is 124 cm³/mol. The topological polar surface area (TPSA) is 69.0 Å². The summed E-state index contributed by atoms with van der Waals surface area (Å²) in [6.45, 7) is 2.76. The van der Waals surface area contributed by atoms with Crippen molar-refractivity contribution < 1.29 is 9.53 Å². The second-order valence-electron chi connectivity index (χ2n) is 7.45. The van der Waals surface area contributed by atoms with Gasteiger partial charge >= 0.3 is 0 Å². The number of benzene rings is 3. The summed E-state index contributed by atoms with van der Waals surface area (Å²) in [5, 5.41) is 7.39. The first-order valence-electron chi connectivity index (χ1n) is 10.7. The van der Waals surface area contributed by atoms with Crippen LogP contribution in [0.5, 0.6) is 5.75 Å². The van der Waals surface area contributed by atoms with E-state index >= 15 is 0 Å². The van der Waals surface area contributed by atoms with Crippen molar-refractivity contribution in [2.24, 2.45) is 0 Å². The van der Waals surface area contributed by atoms with Crippen LogP contribution in [0.4, 0.5) is 0 Å². The number of amides is 1. The van der Waals surface area contributed by atoms with Gasteiger partial charge < -0.3 is 10.1 Å². The maximum atomic E-state index is 12.7. The number of carbonyl (C=O) groups excluding carboxylic acids is 1. The van der Waals surface area contributed by atoms with Crippen LogP contribution in [0.1, 0.15) is 27.6 Å². The molecule has 0 saturated heterocycles. The van der Waals surface area contributed by atoms with E-state index in [4.69, 9.17) is 4.74 Å². The Hall–Kier alpha value is -3.93. The maximum Gasteiger partial charge on any atom is 0.291 e. The van der Waals surface area contributed by atoms with Crippen molar-refractivity contribution in [1.29, 1.82) is 0 Å².